The van der Waals surface area contributed by atoms with E-state index in [1.165, 1.54) is 6.20 Å². The molecule has 1 aliphatic heterocycles. The Morgan fingerprint density at radius 3 is 2.49 bits per heavy atom. The van der Waals surface area contributed by atoms with E-state index in [1.807, 2.05) is 30.3 Å². The minimum Gasteiger partial charge on any atom is -0.497 e. The fourth-order valence-corrected chi connectivity index (χ4v) is 4.24. The predicted molar refractivity (Wildman–Crippen MR) is 144 cm³/mol. The molecule has 0 saturated carbocycles. The molecule has 0 radical (unpaired) electrons. The van der Waals surface area contributed by atoms with E-state index in [-0.39, 0.29) is 11.3 Å². The first kappa shape index (κ1) is 26.7. The third kappa shape index (κ3) is 6.91. The summed E-state index contributed by atoms with van der Waals surface area (Å²) in [6.07, 6.45) is 3.31. The van der Waals surface area contributed by atoms with Crippen LogP contribution in [-0.2, 0) is 4.74 Å². The molecule has 10 nitrogen and oxygen atoms in total. The van der Waals surface area contributed by atoms with Gasteiger partial charge in [0.05, 0.1) is 39.3 Å². The second-order valence-corrected chi connectivity index (χ2v) is 9.18. The number of hydrogen-bond acceptors (Lipinski definition) is 9. The highest BCUT2D eigenvalue weighted by Crippen LogP contribution is 2.32. The van der Waals surface area contributed by atoms with Crippen molar-refractivity contribution in [3.8, 4) is 17.2 Å². The highest BCUT2D eigenvalue weighted by atomic mass is 16.5. The van der Waals surface area contributed by atoms with E-state index < -0.39 is 0 Å². The number of pyridine rings is 1. The molecule has 2 aromatic heterocycles. The van der Waals surface area contributed by atoms with Crippen LogP contribution in [-0.4, -0.2) is 87.1 Å². The molecule has 4 rings (SSSR count). The van der Waals surface area contributed by atoms with Crippen molar-refractivity contribution < 1.29 is 18.9 Å². The fraction of sp³-hybridized carbons (Fsp3) is 0.481. The van der Waals surface area contributed by atoms with Crippen molar-refractivity contribution in [1.29, 1.82) is 0 Å². The summed E-state index contributed by atoms with van der Waals surface area (Å²) in [6.45, 7) is 9.98. The number of ether oxygens (including phenoxy) is 4. The molecule has 1 saturated heterocycles. The number of rotatable bonds is 12. The summed E-state index contributed by atoms with van der Waals surface area (Å²) < 4.78 is 23.8. The first-order chi connectivity index (χ1) is 18.0. The van der Waals surface area contributed by atoms with Gasteiger partial charge in [-0.1, -0.05) is 13.8 Å². The summed E-state index contributed by atoms with van der Waals surface area (Å²) in [5.41, 5.74) is 2.04. The van der Waals surface area contributed by atoms with Crippen LogP contribution in [0.15, 0.2) is 47.5 Å². The molecule has 200 valence electrons. The average molecular weight is 512 g/mol. The number of fused-ring (bicyclic) bond motifs is 1. The van der Waals surface area contributed by atoms with E-state index in [0.717, 1.165) is 50.8 Å². The highest BCUT2D eigenvalue weighted by molar-refractivity contribution is 5.67. The summed E-state index contributed by atoms with van der Waals surface area (Å²) in [5, 5.41) is 3.46. The van der Waals surface area contributed by atoms with Crippen LogP contribution >= 0.6 is 0 Å². The molecule has 3 heterocycles. The van der Waals surface area contributed by atoms with Crippen LogP contribution in [0.3, 0.4) is 0 Å². The number of nitrogens with zero attached hydrogens (tertiary/aromatic N) is 4. The second kappa shape index (κ2) is 12.8. The van der Waals surface area contributed by atoms with Crippen LogP contribution < -0.4 is 30.0 Å². The Balaban J connectivity index is 1.62. The summed E-state index contributed by atoms with van der Waals surface area (Å²) >= 11 is 0. The second-order valence-electron chi connectivity index (χ2n) is 9.18. The molecule has 0 unspecified atom stereocenters. The zero-order chi connectivity index (χ0) is 26.2. The molecule has 0 atom stereocenters. The molecular formula is C27H37N5O5. The van der Waals surface area contributed by atoms with Crippen LogP contribution in [0.4, 0.5) is 11.4 Å². The standard InChI is InChI=1S/C27H37N5O5/c1-20(2)28-7-8-31(22-15-23(34-3)17-24(16-22)35-4)21-5-6-26-29-18-25(27(33)32(26)19-21)37-14-11-30-9-12-36-13-10-30/h5-6,15-20,28H,7-14H2,1-4H3. The van der Waals surface area contributed by atoms with Crippen LogP contribution in [0.5, 0.6) is 17.2 Å². The molecule has 1 aliphatic rings. The monoisotopic (exact) mass is 511 g/mol. The van der Waals surface area contributed by atoms with Crippen molar-refractivity contribution in [2.75, 3.05) is 71.7 Å². The van der Waals surface area contributed by atoms with Crippen LogP contribution in [0.1, 0.15) is 13.8 Å². The van der Waals surface area contributed by atoms with Crippen LogP contribution in [0.2, 0.25) is 0 Å². The van der Waals surface area contributed by atoms with Crippen molar-refractivity contribution >= 4 is 17.0 Å². The van der Waals surface area contributed by atoms with E-state index in [2.05, 4.69) is 33.9 Å². The van der Waals surface area contributed by atoms with Crippen molar-refractivity contribution in [3.63, 3.8) is 0 Å². The number of morpholine rings is 1. The van der Waals surface area contributed by atoms with E-state index in [0.29, 0.717) is 36.3 Å². The number of hydrogen-bond donors (Lipinski definition) is 1. The average Bonchev–Trinajstić information content (AvgIpc) is 2.92. The quantitative estimate of drug-likeness (QED) is 0.394. The first-order valence-electron chi connectivity index (χ1n) is 12.7. The summed E-state index contributed by atoms with van der Waals surface area (Å²) in [7, 11) is 3.26. The van der Waals surface area contributed by atoms with Gasteiger partial charge in [0.2, 0.25) is 5.75 Å². The molecule has 10 heteroatoms. The number of methoxy groups -OCH3 is 2. The van der Waals surface area contributed by atoms with Crippen LogP contribution in [0, 0.1) is 0 Å². The summed E-state index contributed by atoms with van der Waals surface area (Å²) in [6, 6.07) is 9.89. The van der Waals surface area contributed by atoms with Gasteiger partial charge in [-0.05, 0) is 12.1 Å². The third-order valence-electron chi connectivity index (χ3n) is 6.27. The lowest BCUT2D eigenvalue weighted by Crippen LogP contribution is -2.39. The van der Waals surface area contributed by atoms with Gasteiger partial charge < -0.3 is 29.2 Å². The number of aromatic nitrogens is 2. The van der Waals surface area contributed by atoms with Gasteiger partial charge in [-0.15, -0.1) is 0 Å². The Kier molecular flexibility index (Phi) is 9.21. The van der Waals surface area contributed by atoms with Gasteiger partial charge >= 0.3 is 0 Å². The Hall–Kier alpha value is -3.34. The maximum Gasteiger partial charge on any atom is 0.300 e. The van der Waals surface area contributed by atoms with Gasteiger partial charge in [0, 0.05) is 68.8 Å². The fourth-order valence-electron chi connectivity index (χ4n) is 4.24. The minimum atomic E-state index is -0.239. The molecule has 0 spiro atoms. The Morgan fingerprint density at radius 2 is 1.81 bits per heavy atom. The van der Waals surface area contributed by atoms with E-state index in [9.17, 15) is 4.79 Å². The van der Waals surface area contributed by atoms with Crippen LogP contribution in [0.25, 0.3) is 5.65 Å². The lowest BCUT2D eigenvalue weighted by molar-refractivity contribution is 0.0321. The molecule has 0 amide bonds. The van der Waals surface area contributed by atoms with E-state index in [1.54, 1.807) is 24.8 Å². The molecule has 3 aromatic rings. The van der Waals surface area contributed by atoms with Crippen molar-refractivity contribution in [3.05, 3.63) is 53.1 Å². The van der Waals surface area contributed by atoms with Crippen molar-refractivity contribution in [1.82, 2.24) is 19.6 Å². The predicted octanol–water partition coefficient (Wildman–Crippen LogP) is 2.56. The van der Waals surface area contributed by atoms with Gasteiger partial charge in [-0.2, -0.15) is 0 Å². The zero-order valence-electron chi connectivity index (χ0n) is 22.1. The molecule has 0 bridgehead atoms. The van der Waals surface area contributed by atoms with E-state index in [4.69, 9.17) is 18.9 Å². The summed E-state index contributed by atoms with van der Waals surface area (Å²) in [5.74, 6) is 1.61. The molecular weight excluding hydrogens is 474 g/mol. The van der Waals surface area contributed by atoms with Gasteiger partial charge in [0.1, 0.15) is 23.8 Å². The SMILES string of the molecule is COc1cc(OC)cc(N(CCNC(C)C)c2ccc3ncc(OCCN4CCOCC4)c(=O)n3c2)c1. The number of anilines is 2. The molecule has 1 fully saturated rings. The maximum atomic E-state index is 13.3. The van der Waals surface area contributed by atoms with Gasteiger partial charge in [-0.3, -0.25) is 14.1 Å². The summed E-state index contributed by atoms with van der Waals surface area (Å²) in [4.78, 5) is 22.2. The van der Waals surface area contributed by atoms with E-state index >= 15 is 0 Å². The molecule has 1 N–H and O–H groups in total. The molecule has 37 heavy (non-hydrogen) atoms. The smallest absolute Gasteiger partial charge is 0.300 e. The minimum absolute atomic E-state index is 0.235. The lowest BCUT2D eigenvalue weighted by Gasteiger charge is -2.27. The van der Waals surface area contributed by atoms with Gasteiger partial charge in [-0.25, -0.2) is 4.98 Å². The first-order valence-corrected chi connectivity index (χ1v) is 12.7. The Labute approximate surface area is 217 Å². The normalized spacial score (nSPS) is 14.2. The largest absolute Gasteiger partial charge is 0.497 e. The Morgan fingerprint density at radius 1 is 1.08 bits per heavy atom. The molecule has 1 aromatic carbocycles. The highest BCUT2D eigenvalue weighted by Gasteiger charge is 2.16. The molecule has 0 aliphatic carbocycles. The zero-order valence-corrected chi connectivity index (χ0v) is 22.1. The van der Waals surface area contributed by atoms with Gasteiger partial charge in [0.25, 0.3) is 5.56 Å². The number of nitrogens with one attached hydrogen (secondary N) is 1. The lowest BCUT2D eigenvalue weighted by atomic mass is 10.2. The topological polar surface area (TPSA) is 89.8 Å². The van der Waals surface area contributed by atoms with Crippen molar-refractivity contribution in [2.24, 2.45) is 0 Å². The van der Waals surface area contributed by atoms with Gasteiger partial charge in [0.15, 0.2) is 0 Å². The maximum absolute atomic E-state index is 13.3. The third-order valence-corrected chi connectivity index (χ3v) is 6.27. The number of benzene rings is 1. The Bertz CT molecular complexity index is 1200. The van der Waals surface area contributed by atoms with Crippen molar-refractivity contribution in [2.45, 2.75) is 19.9 Å².